The maximum Gasteiger partial charge on any atom is 0.213 e. The molecule has 1 unspecified atom stereocenters. The fraction of sp³-hybridized carbons (Fsp3) is 0.273. The van der Waals surface area contributed by atoms with Crippen LogP contribution in [0.1, 0.15) is 5.76 Å². The van der Waals surface area contributed by atoms with E-state index in [1.165, 1.54) is 0 Å². The molecule has 1 atom stereocenters. The van der Waals surface area contributed by atoms with Crippen LogP contribution in [0.15, 0.2) is 40.7 Å². The number of hydrogen-bond donors (Lipinski definition) is 0. The maximum absolute atomic E-state index is 10.5. The molecule has 0 aliphatic carbocycles. The summed E-state index contributed by atoms with van der Waals surface area (Å²) >= 11 is 0. The zero-order chi connectivity index (χ0) is 10.5. The summed E-state index contributed by atoms with van der Waals surface area (Å²) in [6.07, 6.45) is 4.68. The van der Waals surface area contributed by atoms with Gasteiger partial charge in [-0.3, -0.25) is 0 Å². The second-order valence-corrected chi connectivity index (χ2v) is 3.02. The molecule has 0 saturated heterocycles. The number of carbonyl (C=O) groups excluding carboxylic acids is 1. The highest BCUT2D eigenvalue weighted by atomic mass is 16.5. The van der Waals surface area contributed by atoms with Crippen LogP contribution in [0.25, 0.3) is 0 Å². The van der Waals surface area contributed by atoms with Crippen molar-refractivity contribution in [2.24, 2.45) is 0 Å². The molecule has 0 spiro atoms. The maximum atomic E-state index is 10.5. The van der Waals surface area contributed by atoms with Crippen molar-refractivity contribution in [2.75, 3.05) is 6.61 Å². The van der Waals surface area contributed by atoms with Crippen molar-refractivity contribution in [3.63, 3.8) is 0 Å². The normalized spacial score (nSPS) is 19.7. The quantitative estimate of drug-likeness (QED) is 0.555. The molecular weight excluding hydrogens is 196 g/mol. The summed E-state index contributed by atoms with van der Waals surface area (Å²) in [5.41, 5.74) is 0. The van der Waals surface area contributed by atoms with Gasteiger partial charge in [0, 0.05) is 0 Å². The molecule has 15 heavy (non-hydrogen) atoms. The molecule has 0 amide bonds. The smallest absolute Gasteiger partial charge is 0.213 e. The minimum Gasteiger partial charge on any atom is -0.480 e. The lowest BCUT2D eigenvalue weighted by Gasteiger charge is -2.18. The van der Waals surface area contributed by atoms with Crippen LogP contribution in [-0.4, -0.2) is 18.7 Å². The van der Waals surface area contributed by atoms with Crippen LogP contribution in [0.5, 0.6) is 0 Å². The van der Waals surface area contributed by atoms with Gasteiger partial charge in [0.25, 0.3) is 0 Å². The minimum atomic E-state index is -0.457. The average Bonchev–Trinajstić information content (AvgIpc) is 2.79. The van der Waals surface area contributed by atoms with Crippen LogP contribution in [-0.2, 0) is 20.9 Å². The molecular formula is C11H10O4. The first kappa shape index (κ1) is 9.77. The van der Waals surface area contributed by atoms with Crippen LogP contribution >= 0.6 is 0 Å². The summed E-state index contributed by atoms with van der Waals surface area (Å²) in [7, 11) is 0. The van der Waals surface area contributed by atoms with Crippen molar-refractivity contribution in [1.82, 2.24) is 0 Å². The Kier molecular flexibility index (Phi) is 3.02. The fourth-order valence-electron chi connectivity index (χ4n) is 1.27. The van der Waals surface area contributed by atoms with Gasteiger partial charge in [0.05, 0.1) is 6.26 Å². The third-order valence-electron chi connectivity index (χ3n) is 1.99. The zero-order valence-electron chi connectivity index (χ0n) is 8.01. The largest absolute Gasteiger partial charge is 0.480 e. The van der Waals surface area contributed by atoms with E-state index in [1.807, 2.05) is 0 Å². The summed E-state index contributed by atoms with van der Waals surface area (Å²) in [6, 6.07) is 3.58. The Hall–Kier alpha value is -1.77. The fourth-order valence-corrected chi connectivity index (χ4v) is 1.27. The van der Waals surface area contributed by atoms with Gasteiger partial charge in [-0.15, -0.1) is 0 Å². The van der Waals surface area contributed by atoms with E-state index < -0.39 is 6.10 Å². The van der Waals surface area contributed by atoms with Crippen LogP contribution in [0.2, 0.25) is 0 Å². The Morgan fingerprint density at radius 3 is 3.27 bits per heavy atom. The lowest BCUT2D eigenvalue weighted by atomic mass is 10.2. The van der Waals surface area contributed by atoms with Crippen molar-refractivity contribution in [3.8, 4) is 0 Å². The Morgan fingerprint density at radius 2 is 2.53 bits per heavy atom. The standard InChI is InChI=1S/C11H10O4/c12-7-11-10(4-2-6-14-11)15-8-9-3-1-5-13-9/h1-5,10H,6,8H2. The van der Waals surface area contributed by atoms with Crippen LogP contribution in [0, 0.1) is 0 Å². The molecule has 2 rings (SSSR count). The van der Waals surface area contributed by atoms with Gasteiger partial charge in [-0.1, -0.05) is 0 Å². The second kappa shape index (κ2) is 4.64. The summed E-state index contributed by atoms with van der Waals surface area (Å²) in [4.78, 5) is 10.5. The summed E-state index contributed by atoms with van der Waals surface area (Å²) in [5.74, 6) is 2.61. The first-order valence-corrected chi connectivity index (χ1v) is 4.58. The van der Waals surface area contributed by atoms with E-state index in [0.717, 1.165) is 0 Å². The highest BCUT2D eigenvalue weighted by Crippen LogP contribution is 2.14. The number of ether oxygens (including phenoxy) is 2. The van der Waals surface area contributed by atoms with Crippen molar-refractivity contribution in [1.29, 1.82) is 0 Å². The molecule has 0 aromatic carbocycles. The average molecular weight is 206 g/mol. The Morgan fingerprint density at radius 1 is 1.60 bits per heavy atom. The second-order valence-electron chi connectivity index (χ2n) is 3.02. The molecule has 1 aromatic heterocycles. The molecule has 0 fully saturated rings. The van der Waals surface area contributed by atoms with Gasteiger partial charge in [0.15, 0.2) is 5.94 Å². The molecule has 4 heteroatoms. The first-order valence-electron chi connectivity index (χ1n) is 4.58. The van der Waals surface area contributed by atoms with E-state index >= 15 is 0 Å². The van der Waals surface area contributed by atoms with Gasteiger partial charge in [-0.05, 0) is 24.3 Å². The number of rotatable bonds is 3. The summed E-state index contributed by atoms with van der Waals surface area (Å²) < 4.78 is 15.6. The van der Waals surface area contributed by atoms with E-state index in [-0.39, 0.29) is 5.76 Å². The van der Waals surface area contributed by atoms with Crippen molar-refractivity contribution >= 4 is 5.94 Å². The van der Waals surface area contributed by atoms with Gasteiger partial charge in [-0.25, -0.2) is 4.79 Å². The Bertz CT molecular complexity index is 385. The van der Waals surface area contributed by atoms with Gasteiger partial charge in [0.1, 0.15) is 25.1 Å². The molecule has 0 bridgehead atoms. The van der Waals surface area contributed by atoms with Gasteiger partial charge in [0.2, 0.25) is 5.76 Å². The summed E-state index contributed by atoms with van der Waals surface area (Å²) in [6.45, 7) is 0.696. The molecule has 0 N–H and O–H groups in total. The number of hydrogen-bond acceptors (Lipinski definition) is 4. The van der Waals surface area contributed by atoms with E-state index in [1.54, 1.807) is 36.5 Å². The molecule has 2 heterocycles. The third kappa shape index (κ3) is 2.37. The highest BCUT2D eigenvalue weighted by molar-refractivity contribution is 5.52. The first-order chi connectivity index (χ1) is 7.40. The summed E-state index contributed by atoms with van der Waals surface area (Å²) in [5, 5.41) is 0. The van der Waals surface area contributed by atoms with Gasteiger partial charge >= 0.3 is 0 Å². The lowest BCUT2D eigenvalue weighted by molar-refractivity contribution is 0.0373. The molecule has 0 radical (unpaired) electrons. The van der Waals surface area contributed by atoms with Crippen LogP contribution in [0.3, 0.4) is 0 Å². The van der Waals surface area contributed by atoms with E-state index in [9.17, 15) is 4.79 Å². The van der Waals surface area contributed by atoms with Crippen molar-refractivity contribution in [3.05, 3.63) is 42.1 Å². The Balaban J connectivity index is 1.96. The monoisotopic (exact) mass is 206 g/mol. The number of furan rings is 1. The Labute approximate surface area is 86.8 Å². The molecule has 0 saturated carbocycles. The molecule has 1 aliphatic heterocycles. The molecule has 1 aromatic rings. The highest BCUT2D eigenvalue weighted by Gasteiger charge is 2.18. The SMILES string of the molecule is O=C=C1OCC=CC1OCc1ccco1. The lowest BCUT2D eigenvalue weighted by Crippen LogP contribution is -2.19. The van der Waals surface area contributed by atoms with Crippen molar-refractivity contribution in [2.45, 2.75) is 12.7 Å². The van der Waals surface area contributed by atoms with Gasteiger partial charge < -0.3 is 13.9 Å². The molecule has 78 valence electrons. The zero-order valence-corrected chi connectivity index (χ0v) is 8.01. The molecule has 1 aliphatic rings. The topological polar surface area (TPSA) is 48.7 Å². The third-order valence-corrected chi connectivity index (χ3v) is 1.99. The van der Waals surface area contributed by atoms with E-state index in [2.05, 4.69) is 0 Å². The minimum absolute atomic E-state index is 0.184. The van der Waals surface area contributed by atoms with E-state index in [4.69, 9.17) is 13.9 Å². The van der Waals surface area contributed by atoms with Crippen molar-refractivity contribution < 1.29 is 18.7 Å². The predicted octanol–water partition coefficient (Wildman–Crippen LogP) is 1.47. The van der Waals surface area contributed by atoms with Crippen LogP contribution < -0.4 is 0 Å². The van der Waals surface area contributed by atoms with Gasteiger partial charge in [-0.2, -0.15) is 0 Å². The molecule has 4 nitrogen and oxygen atoms in total. The predicted molar refractivity (Wildman–Crippen MR) is 51.6 cm³/mol. The van der Waals surface area contributed by atoms with E-state index in [0.29, 0.717) is 19.0 Å². The van der Waals surface area contributed by atoms with Crippen LogP contribution in [0.4, 0.5) is 0 Å².